The number of carbonyl (C=O) groups excluding carboxylic acids is 1. The molecule has 1 aliphatic carbocycles. The van der Waals surface area contributed by atoms with Crippen LogP contribution in [0.1, 0.15) is 65.2 Å². The molecule has 0 aromatic heterocycles. The summed E-state index contributed by atoms with van der Waals surface area (Å²) in [6, 6.07) is 0. The van der Waals surface area contributed by atoms with E-state index in [-0.39, 0.29) is 11.4 Å². The fourth-order valence-electron chi connectivity index (χ4n) is 3.71. The van der Waals surface area contributed by atoms with Gasteiger partial charge in [0, 0.05) is 12.0 Å². The van der Waals surface area contributed by atoms with Crippen molar-refractivity contribution < 1.29 is 4.79 Å². The summed E-state index contributed by atoms with van der Waals surface area (Å²) in [4.78, 5) is 11.5. The highest BCUT2D eigenvalue weighted by Crippen LogP contribution is 2.38. The van der Waals surface area contributed by atoms with Crippen LogP contribution in [0, 0.1) is 11.8 Å². The Balaban J connectivity index is 1.99. The Bertz CT molecular complexity index is 255. The van der Waals surface area contributed by atoms with Gasteiger partial charge in [-0.05, 0) is 31.1 Å². The summed E-state index contributed by atoms with van der Waals surface area (Å²) in [6.45, 7) is 4.53. The normalized spacial score (nSPS) is 31.3. The molecule has 1 saturated carbocycles. The highest BCUT2D eigenvalue weighted by Gasteiger charge is 2.40. The number of hydrogen-bond donors (Lipinski definition) is 1. The summed E-state index contributed by atoms with van der Waals surface area (Å²) in [5, 5.41) is 3.29. The van der Waals surface area contributed by atoms with Gasteiger partial charge in [-0.3, -0.25) is 4.79 Å². The van der Waals surface area contributed by atoms with E-state index >= 15 is 0 Å². The third-order valence-electron chi connectivity index (χ3n) is 4.19. The van der Waals surface area contributed by atoms with Gasteiger partial charge in [0.1, 0.15) is 0 Å². The van der Waals surface area contributed by atoms with E-state index in [4.69, 9.17) is 0 Å². The molecule has 0 bridgehead atoms. The number of hydrogen-bond acceptors (Lipinski definition) is 1. The minimum atomic E-state index is 0.153. The zero-order valence-electron chi connectivity index (χ0n) is 10.7. The molecular formula is C14H25NO. The predicted molar refractivity (Wildman–Crippen MR) is 66.1 cm³/mol. The lowest BCUT2D eigenvalue weighted by Gasteiger charge is -2.33. The van der Waals surface area contributed by atoms with Crippen molar-refractivity contribution in [1.82, 2.24) is 5.32 Å². The molecular weight excluding hydrogens is 198 g/mol. The molecule has 0 radical (unpaired) electrons. The van der Waals surface area contributed by atoms with Gasteiger partial charge >= 0.3 is 0 Å². The van der Waals surface area contributed by atoms with Crippen molar-refractivity contribution in [1.29, 1.82) is 0 Å². The molecule has 1 amide bonds. The molecule has 1 N–H and O–H groups in total. The summed E-state index contributed by atoms with van der Waals surface area (Å²) in [5.41, 5.74) is 0.153. The Labute approximate surface area is 99.2 Å². The zero-order valence-corrected chi connectivity index (χ0v) is 10.7. The molecule has 1 heterocycles. The molecule has 2 aliphatic rings. The molecule has 1 saturated heterocycles. The topological polar surface area (TPSA) is 29.1 Å². The first-order valence-corrected chi connectivity index (χ1v) is 6.91. The zero-order chi connectivity index (χ0) is 11.6. The van der Waals surface area contributed by atoms with Gasteiger partial charge in [-0.1, -0.05) is 39.5 Å². The quantitative estimate of drug-likeness (QED) is 0.778. The molecule has 2 fully saturated rings. The lowest BCUT2D eigenvalue weighted by Crippen LogP contribution is -2.44. The van der Waals surface area contributed by atoms with Crippen LogP contribution in [-0.2, 0) is 4.79 Å². The van der Waals surface area contributed by atoms with Crippen molar-refractivity contribution in [2.45, 2.75) is 70.8 Å². The first kappa shape index (κ1) is 11.9. The second kappa shape index (κ2) is 4.77. The first-order valence-electron chi connectivity index (χ1n) is 6.91. The van der Waals surface area contributed by atoms with Crippen LogP contribution in [0.5, 0.6) is 0 Å². The molecule has 2 nitrogen and oxygen atoms in total. The Hall–Kier alpha value is -0.530. The lowest BCUT2D eigenvalue weighted by atomic mass is 9.79. The van der Waals surface area contributed by atoms with Gasteiger partial charge in [0.2, 0.25) is 5.91 Å². The van der Waals surface area contributed by atoms with Crippen molar-refractivity contribution in [2.75, 3.05) is 0 Å². The summed E-state index contributed by atoms with van der Waals surface area (Å²) >= 11 is 0. The molecule has 1 atom stereocenters. The van der Waals surface area contributed by atoms with Crippen LogP contribution < -0.4 is 5.32 Å². The molecule has 2 rings (SSSR count). The SMILES string of the molecule is CC(C)CC1(CC2CCCC2)CCC(=O)N1. The van der Waals surface area contributed by atoms with E-state index in [1.54, 1.807) is 0 Å². The largest absolute Gasteiger partial charge is 0.351 e. The van der Waals surface area contributed by atoms with Gasteiger partial charge in [-0.25, -0.2) is 0 Å². The average Bonchev–Trinajstić information content (AvgIpc) is 2.76. The summed E-state index contributed by atoms with van der Waals surface area (Å²) < 4.78 is 0. The number of rotatable bonds is 4. The monoisotopic (exact) mass is 223 g/mol. The number of carbonyl (C=O) groups is 1. The lowest BCUT2D eigenvalue weighted by molar-refractivity contribution is -0.120. The molecule has 2 heteroatoms. The van der Waals surface area contributed by atoms with Crippen molar-refractivity contribution >= 4 is 5.91 Å². The maximum atomic E-state index is 11.5. The van der Waals surface area contributed by atoms with Gasteiger partial charge in [0.05, 0.1) is 0 Å². The second-order valence-electron chi connectivity index (χ2n) is 6.28. The standard InChI is InChI=1S/C14H25NO/c1-11(2)9-14(8-7-13(16)15-14)10-12-5-3-4-6-12/h11-12H,3-10H2,1-2H3,(H,15,16). The third-order valence-corrected chi connectivity index (χ3v) is 4.19. The Morgan fingerprint density at radius 3 is 2.56 bits per heavy atom. The molecule has 0 aromatic carbocycles. The Kier molecular flexibility index (Phi) is 3.56. The molecule has 0 spiro atoms. The first-order chi connectivity index (χ1) is 7.60. The second-order valence-corrected chi connectivity index (χ2v) is 6.28. The van der Waals surface area contributed by atoms with Crippen LogP contribution in [0.15, 0.2) is 0 Å². The fraction of sp³-hybridized carbons (Fsp3) is 0.929. The number of amides is 1. The van der Waals surface area contributed by atoms with Gasteiger partial charge in [0.15, 0.2) is 0 Å². The molecule has 0 aromatic rings. The van der Waals surface area contributed by atoms with E-state index in [2.05, 4.69) is 19.2 Å². The van der Waals surface area contributed by atoms with Crippen LogP contribution in [0.4, 0.5) is 0 Å². The van der Waals surface area contributed by atoms with Crippen LogP contribution in [0.3, 0.4) is 0 Å². The molecule has 1 aliphatic heterocycles. The predicted octanol–water partition coefficient (Wildman–Crippen LogP) is 3.26. The van der Waals surface area contributed by atoms with Crippen LogP contribution in [-0.4, -0.2) is 11.4 Å². The van der Waals surface area contributed by atoms with Gasteiger partial charge < -0.3 is 5.32 Å². The average molecular weight is 223 g/mol. The van der Waals surface area contributed by atoms with E-state index < -0.39 is 0 Å². The number of nitrogens with one attached hydrogen (secondary N) is 1. The van der Waals surface area contributed by atoms with E-state index in [0.717, 1.165) is 25.2 Å². The smallest absolute Gasteiger partial charge is 0.220 e. The fourth-order valence-corrected chi connectivity index (χ4v) is 3.71. The molecule has 1 unspecified atom stereocenters. The third kappa shape index (κ3) is 2.78. The maximum Gasteiger partial charge on any atom is 0.220 e. The highest BCUT2D eigenvalue weighted by molar-refractivity contribution is 5.79. The van der Waals surface area contributed by atoms with Crippen molar-refractivity contribution in [3.8, 4) is 0 Å². The minimum absolute atomic E-state index is 0.153. The highest BCUT2D eigenvalue weighted by atomic mass is 16.2. The molecule has 16 heavy (non-hydrogen) atoms. The Morgan fingerprint density at radius 1 is 1.38 bits per heavy atom. The van der Waals surface area contributed by atoms with Gasteiger partial charge in [-0.15, -0.1) is 0 Å². The maximum absolute atomic E-state index is 11.5. The summed E-state index contributed by atoms with van der Waals surface area (Å²) in [6.07, 6.45) is 9.78. The van der Waals surface area contributed by atoms with Crippen molar-refractivity contribution in [3.63, 3.8) is 0 Å². The van der Waals surface area contributed by atoms with Crippen LogP contribution in [0.25, 0.3) is 0 Å². The van der Waals surface area contributed by atoms with E-state index in [0.29, 0.717) is 5.92 Å². The summed E-state index contributed by atoms with van der Waals surface area (Å²) in [7, 11) is 0. The van der Waals surface area contributed by atoms with Gasteiger partial charge in [0.25, 0.3) is 0 Å². The van der Waals surface area contributed by atoms with Gasteiger partial charge in [-0.2, -0.15) is 0 Å². The summed E-state index contributed by atoms with van der Waals surface area (Å²) in [5.74, 6) is 1.83. The van der Waals surface area contributed by atoms with Crippen molar-refractivity contribution in [2.24, 2.45) is 11.8 Å². The Morgan fingerprint density at radius 2 is 2.06 bits per heavy atom. The van der Waals surface area contributed by atoms with E-state index in [1.165, 1.54) is 32.1 Å². The van der Waals surface area contributed by atoms with Crippen LogP contribution in [0.2, 0.25) is 0 Å². The van der Waals surface area contributed by atoms with Crippen LogP contribution >= 0.6 is 0 Å². The van der Waals surface area contributed by atoms with E-state index in [1.807, 2.05) is 0 Å². The minimum Gasteiger partial charge on any atom is -0.351 e. The van der Waals surface area contributed by atoms with Crippen molar-refractivity contribution in [3.05, 3.63) is 0 Å². The molecule has 92 valence electrons. The van der Waals surface area contributed by atoms with E-state index in [9.17, 15) is 4.79 Å².